The molecule has 0 bridgehead atoms. The van der Waals surface area contributed by atoms with E-state index in [9.17, 15) is 9.90 Å². The van der Waals surface area contributed by atoms with Gasteiger partial charge in [0.2, 0.25) is 5.91 Å². The Bertz CT molecular complexity index is 854. The maximum Gasteiger partial charge on any atom is 0.248 e. The van der Waals surface area contributed by atoms with Crippen molar-refractivity contribution in [2.75, 3.05) is 47.1 Å². The Morgan fingerprint density at radius 2 is 2.15 bits per heavy atom. The summed E-state index contributed by atoms with van der Waals surface area (Å²) in [5, 5.41) is 14.5. The molecular formula is C19H25N3O4. The molecule has 3 heterocycles. The van der Waals surface area contributed by atoms with E-state index in [4.69, 9.17) is 9.47 Å². The van der Waals surface area contributed by atoms with Crippen LogP contribution in [0.1, 0.15) is 17.3 Å². The van der Waals surface area contributed by atoms with Gasteiger partial charge < -0.3 is 29.4 Å². The molecule has 26 heavy (non-hydrogen) atoms. The molecule has 140 valence electrons. The standard InChI is InChI=1S/C19H25N3O4/c1-21-15-6-12(26-3)4-5-13(15)17-18(21)14(7-23)20-9-19(17)10-22(11-19)16(24)8-25-2/h4-6,14,20,23H,7-11H2,1-3H3/t14-/m0/s1. The number of amides is 1. The molecule has 1 aromatic heterocycles. The smallest absolute Gasteiger partial charge is 0.248 e. The predicted octanol–water partition coefficient (Wildman–Crippen LogP) is 0.550. The highest BCUT2D eigenvalue weighted by Gasteiger charge is 2.52. The van der Waals surface area contributed by atoms with E-state index in [-0.39, 0.29) is 30.6 Å². The number of methoxy groups -OCH3 is 2. The number of likely N-dealkylation sites (tertiary alicyclic amines) is 1. The predicted molar refractivity (Wildman–Crippen MR) is 97.4 cm³/mol. The van der Waals surface area contributed by atoms with Crippen molar-refractivity contribution in [2.24, 2.45) is 7.05 Å². The van der Waals surface area contributed by atoms with E-state index in [2.05, 4.69) is 16.0 Å². The van der Waals surface area contributed by atoms with Gasteiger partial charge in [0.15, 0.2) is 0 Å². The molecule has 0 aliphatic carbocycles. The lowest BCUT2D eigenvalue weighted by Gasteiger charge is -2.53. The fourth-order valence-corrected chi connectivity index (χ4v) is 4.53. The van der Waals surface area contributed by atoms with Crippen molar-refractivity contribution in [2.45, 2.75) is 11.5 Å². The Morgan fingerprint density at radius 3 is 2.81 bits per heavy atom. The van der Waals surface area contributed by atoms with Gasteiger partial charge in [0.1, 0.15) is 12.4 Å². The van der Waals surface area contributed by atoms with Gasteiger partial charge in [-0.05, 0) is 17.7 Å². The highest BCUT2D eigenvalue weighted by atomic mass is 16.5. The summed E-state index contributed by atoms with van der Waals surface area (Å²) in [6.07, 6.45) is 0. The lowest BCUT2D eigenvalue weighted by atomic mass is 9.69. The highest BCUT2D eigenvalue weighted by Crippen LogP contribution is 2.46. The van der Waals surface area contributed by atoms with Crippen molar-refractivity contribution in [3.05, 3.63) is 29.5 Å². The zero-order valence-electron chi connectivity index (χ0n) is 15.4. The van der Waals surface area contributed by atoms with E-state index in [1.165, 1.54) is 18.1 Å². The fraction of sp³-hybridized carbons (Fsp3) is 0.526. The van der Waals surface area contributed by atoms with Gasteiger partial charge in [-0.25, -0.2) is 0 Å². The number of benzene rings is 1. The van der Waals surface area contributed by atoms with Gasteiger partial charge in [-0.3, -0.25) is 4.79 Å². The number of aryl methyl sites for hydroxylation is 1. The van der Waals surface area contributed by atoms with Crippen molar-refractivity contribution in [1.82, 2.24) is 14.8 Å². The zero-order valence-corrected chi connectivity index (χ0v) is 15.4. The molecule has 1 atom stereocenters. The summed E-state index contributed by atoms with van der Waals surface area (Å²) in [6, 6.07) is 5.98. The van der Waals surface area contributed by atoms with Crippen LogP contribution in [0, 0.1) is 0 Å². The minimum atomic E-state index is -0.126. The first-order valence-electron chi connectivity index (χ1n) is 8.82. The topological polar surface area (TPSA) is 76.0 Å². The van der Waals surface area contributed by atoms with Gasteiger partial charge in [0, 0.05) is 56.4 Å². The number of nitrogens with zero attached hydrogens (tertiary/aromatic N) is 2. The molecule has 2 aliphatic heterocycles. The molecule has 2 aromatic rings. The van der Waals surface area contributed by atoms with Crippen molar-refractivity contribution in [3.8, 4) is 5.75 Å². The summed E-state index contributed by atoms with van der Waals surface area (Å²) in [4.78, 5) is 14.0. The number of carbonyl (C=O) groups is 1. The summed E-state index contributed by atoms with van der Waals surface area (Å²) in [5.74, 6) is 0.828. The first-order chi connectivity index (χ1) is 12.5. The number of aliphatic hydroxyl groups is 1. The van der Waals surface area contributed by atoms with Crippen molar-refractivity contribution in [1.29, 1.82) is 0 Å². The second kappa shape index (κ2) is 6.26. The Hall–Kier alpha value is -2.09. The lowest BCUT2D eigenvalue weighted by molar-refractivity contribution is -0.143. The summed E-state index contributed by atoms with van der Waals surface area (Å²) < 4.78 is 12.5. The van der Waals surface area contributed by atoms with Crippen LogP contribution in [0.2, 0.25) is 0 Å². The molecule has 1 aromatic carbocycles. The molecule has 1 saturated heterocycles. The summed E-state index contributed by atoms with van der Waals surface area (Å²) in [6.45, 7) is 2.23. The number of ether oxygens (including phenoxy) is 2. The largest absolute Gasteiger partial charge is 0.497 e. The van der Waals surface area contributed by atoms with Gasteiger partial charge in [-0.1, -0.05) is 0 Å². The van der Waals surface area contributed by atoms with E-state index in [1.807, 2.05) is 24.1 Å². The minimum Gasteiger partial charge on any atom is -0.497 e. The molecule has 1 spiro atoms. The van der Waals surface area contributed by atoms with Gasteiger partial charge in [-0.2, -0.15) is 0 Å². The third kappa shape index (κ3) is 2.35. The van der Waals surface area contributed by atoms with Gasteiger partial charge in [-0.15, -0.1) is 0 Å². The van der Waals surface area contributed by atoms with Crippen LogP contribution < -0.4 is 10.1 Å². The minimum absolute atomic E-state index is 0.0193. The monoisotopic (exact) mass is 359 g/mol. The highest BCUT2D eigenvalue weighted by molar-refractivity contribution is 5.89. The van der Waals surface area contributed by atoms with Gasteiger partial charge in [0.05, 0.1) is 25.3 Å². The number of carbonyl (C=O) groups excluding carboxylic acids is 1. The van der Waals surface area contributed by atoms with Crippen molar-refractivity contribution >= 4 is 16.8 Å². The molecule has 4 rings (SSSR count). The molecule has 0 unspecified atom stereocenters. The normalized spacial score (nSPS) is 20.9. The van der Waals surface area contributed by atoms with Crippen LogP contribution >= 0.6 is 0 Å². The molecule has 0 radical (unpaired) electrons. The van der Waals surface area contributed by atoms with E-state index >= 15 is 0 Å². The van der Waals surface area contributed by atoms with E-state index < -0.39 is 0 Å². The second-order valence-corrected chi connectivity index (χ2v) is 7.28. The number of nitrogens with one attached hydrogen (secondary N) is 1. The number of aromatic nitrogens is 1. The molecule has 7 heteroatoms. The van der Waals surface area contributed by atoms with Crippen LogP contribution in [-0.2, 0) is 22.0 Å². The SMILES string of the molecule is COCC(=O)N1CC2(CN[C@@H](CO)c3c2c2ccc(OC)cc2n3C)C1. The van der Waals surface area contributed by atoms with Gasteiger partial charge >= 0.3 is 0 Å². The van der Waals surface area contributed by atoms with Crippen LogP contribution in [0.25, 0.3) is 10.9 Å². The zero-order chi connectivity index (χ0) is 18.5. The van der Waals surface area contributed by atoms with E-state index in [1.54, 1.807) is 7.11 Å². The Morgan fingerprint density at radius 1 is 1.38 bits per heavy atom. The maximum atomic E-state index is 12.2. The second-order valence-electron chi connectivity index (χ2n) is 7.28. The number of rotatable bonds is 4. The van der Waals surface area contributed by atoms with Crippen molar-refractivity contribution < 1.29 is 19.4 Å². The number of hydrogen-bond acceptors (Lipinski definition) is 5. The number of fused-ring (bicyclic) bond motifs is 4. The molecule has 2 N–H and O–H groups in total. The number of hydrogen-bond donors (Lipinski definition) is 2. The molecule has 7 nitrogen and oxygen atoms in total. The first kappa shape index (κ1) is 17.3. The maximum absolute atomic E-state index is 12.2. The van der Waals surface area contributed by atoms with E-state index in [0.29, 0.717) is 13.1 Å². The molecule has 1 fully saturated rings. The van der Waals surface area contributed by atoms with Crippen LogP contribution in [0.5, 0.6) is 5.75 Å². The molecule has 0 saturated carbocycles. The van der Waals surface area contributed by atoms with Crippen LogP contribution in [0.15, 0.2) is 18.2 Å². The Balaban J connectivity index is 1.81. The molecule has 2 aliphatic rings. The van der Waals surface area contributed by atoms with Crippen LogP contribution in [-0.4, -0.2) is 67.5 Å². The summed E-state index contributed by atoms with van der Waals surface area (Å²) in [7, 11) is 5.23. The first-order valence-corrected chi connectivity index (χ1v) is 8.82. The van der Waals surface area contributed by atoms with Crippen LogP contribution in [0.3, 0.4) is 0 Å². The quantitative estimate of drug-likeness (QED) is 0.834. The van der Waals surface area contributed by atoms with Crippen LogP contribution in [0.4, 0.5) is 0 Å². The average Bonchev–Trinajstić information content (AvgIpc) is 2.92. The Labute approximate surface area is 152 Å². The third-order valence-corrected chi connectivity index (χ3v) is 5.79. The molecular weight excluding hydrogens is 334 g/mol. The molecule has 1 amide bonds. The summed E-state index contributed by atoms with van der Waals surface area (Å²) >= 11 is 0. The third-order valence-electron chi connectivity index (χ3n) is 5.79. The van der Waals surface area contributed by atoms with Crippen molar-refractivity contribution in [3.63, 3.8) is 0 Å². The number of aliphatic hydroxyl groups excluding tert-OH is 1. The van der Waals surface area contributed by atoms with E-state index in [0.717, 1.165) is 23.5 Å². The average molecular weight is 359 g/mol. The fourth-order valence-electron chi connectivity index (χ4n) is 4.53. The van der Waals surface area contributed by atoms with Gasteiger partial charge in [0.25, 0.3) is 0 Å². The Kier molecular flexibility index (Phi) is 4.17. The summed E-state index contributed by atoms with van der Waals surface area (Å²) in [5.41, 5.74) is 3.30. The lowest BCUT2D eigenvalue weighted by Crippen LogP contribution is -2.67.